The lowest BCUT2D eigenvalue weighted by Crippen LogP contribution is -1.85. The predicted octanol–water partition coefficient (Wildman–Crippen LogP) is 2.08. The number of pyridine rings is 1. The molecule has 3 nitrogen and oxygen atoms in total. The van der Waals surface area contributed by atoms with Crippen molar-refractivity contribution in [1.29, 1.82) is 0 Å². The van der Waals surface area contributed by atoms with Gasteiger partial charge in [-0.25, -0.2) is 4.98 Å². The molecule has 0 aromatic carbocycles. The molecule has 0 unspecified atom stereocenters. The molecule has 60 valence electrons. The lowest BCUT2D eigenvalue weighted by Gasteiger charge is -1.94. The maximum Gasteiger partial charge on any atom is 0.156 e. The first-order chi connectivity index (χ1) is 5.86. The summed E-state index contributed by atoms with van der Waals surface area (Å²) in [5.74, 6) is 0.813. The van der Waals surface area contributed by atoms with Crippen LogP contribution in [0.25, 0.3) is 11.5 Å². The molecule has 12 heavy (non-hydrogen) atoms. The van der Waals surface area contributed by atoms with Crippen molar-refractivity contribution in [3.63, 3.8) is 0 Å². The van der Waals surface area contributed by atoms with Crippen LogP contribution in [0.1, 0.15) is 0 Å². The third kappa shape index (κ3) is 1.47. The van der Waals surface area contributed by atoms with Crippen LogP contribution in [0, 0.1) is 3.57 Å². The second kappa shape index (κ2) is 3.22. The van der Waals surface area contributed by atoms with Gasteiger partial charge in [0.25, 0.3) is 0 Å². The van der Waals surface area contributed by atoms with Crippen molar-refractivity contribution in [1.82, 2.24) is 15.0 Å². The van der Waals surface area contributed by atoms with E-state index in [4.69, 9.17) is 0 Å². The molecule has 2 rings (SSSR count). The van der Waals surface area contributed by atoms with Crippen molar-refractivity contribution in [2.45, 2.75) is 0 Å². The third-order valence-electron chi connectivity index (χ3n) is 1.46. The van der Waals surface area contributed by atoms with Crippen LogP contribution in [-0.4, -0.2) is 15.0 Å². The summed E-state index contributed by atoms with van der Waals surface area (Å²) in [6.07, 6.45) is 5.29. The fourth-order valence-corrected chi connectivity index (χ4v) is 1.40. The van der Waals surface area contributed by atoms with Crippen LogP contribution >= 0.6 is 22.6 Å². The normalized spacial score (nSPS) is 10.1. The number of nitrogens with one attached hydrogen (secondary N) is 1. The van der Waals surface area contributed by atoms with Crippen LogP contribution in [-0.2, 0) is 0 Å². The van der Waals surface area contributed by atoms with Crippen molar-refractivity contribution in [2.75, 3.05) is 0 Å². The molecular formula is C8H6IN3. The lowest BCUT2D eigenvalue weighted by atomic mass is 10.3. The summed E-state index contributed by atoms with van der Waals surface area (Å²) in [4.78, 5) is 11.3. The number of H-pyrrole nitrogens is 1. The smallest absolute Gasteiger partial charge is 0.156 e. The van der Waals surface area contributed by atoms with E-state index in [-0.39, 0.29) is 0 Å². The number of hydrogen-bond donors (Lipinski definition) is 1. The average Bonchev–Trinajstić information content (AvgIpc) is 2.56. The molecule has 4 heteroatoms. The van der Waals surface area contributed by atoms with Gasteiger partial charge in [0, 0.05) is 22.2 Å². The molecule has 2 aromatic rings. The maximum atomic E-state index is 4.18. The van der Waals surface area contributed by atoms with Crippen molar-refractivity contribution >= 4 is 22.6 Å². The molecule has 0 aliphatic rings. The molecule has 0 spiro atoms. The number of imidazole rings is 1. The Kier molecular flexibility index (Phi) is 2.07. The first kappa shape index (κ1) is 7.72. The molecule has 0 atom stereocenters. The van der Waals surface area contributed by atoms with E-state index in [0.29, 0.717) is 0 Å². The molecule has 0 aliphatic heterocycles. The highest BCUT2D eigenvalue weighted by molar-refractivity contribution is 14.1. The van der Waals surface area contributed by atoms with E-state index >= 15 is 0 Å². The molecule has 2 aromatic heterocycles. The lowest BCUT2D eigenvalue weighted by molar-refractivity contribution is 1.22. The van der Waals surface area contributed by atoms with Gasteiger partial charge in [-0.1, -0.05) is 0 Å². The molecule has 0 bridgehead atoms. The number of hydrogen-bond acceptors (Lipinski definition) is 2. The summed E-state index contributed by atoms with van der Waals surface area (Å²) in [6.45, 7) is 0. The van der Waals surface area contributed by atoms with E-state index in [1.807, 2.05) is 12.1 Å². The van der Waals surface area contributed by atoms with Gasteiger partial charge in [-0.15, -0.1) is 0 Å². The van der Waals surface area contributed by atoms with Gasteiger partial charge in [0.1, 0.15) is 5.69 Å². The van der Waals surface area contributed by atoms with Gasteiger partial charge in [-0.05, 0) is 34.7 Å². The summed E-state index contributed by atoms with van der Waals surface area (Å²) in [7, 11) is 0. The van der Waals surface area contributed by atoms with E-state index in [1.54, 1.807) is 18.6 Å². The third-order valence-corrected chi connectivity index (χ3v) is 2.13. The second-order valence-corrected chi connectivity index (χ2v) is 3.54. The first-order valence-electron chi connectivity index (χ1n) is 3.47. The van der Waals surface area contributed by atoms with Gasteiger partial charge in [-0.3, -0.25) is 4.98 Å². The van der Waals surface area contributed by atoms with Crippen molar-refractivity contribution < 1.29 is 0 Å². The van der Waals surface area contributed by atoms with E-state index in [1.165, 1.54) is 0 Å². The van der Waals surface area contributed by atoms with Crippen LogP contribution in [0.5, 0.6) is 0 Å². The zero-order chi connectivity index (χ0) is 8.39. The van der Waals surface area contributed by atoms with Crippen LogP contribution in [0.15, 0.2) is 30.7 Å². The Balaban J connectivity index is 2.48. The highest BCUT2D eigenvalue weighted by atomic mass is 127. The fraction of sp³-hybridized carbons (Fsp3) is 0. The summed E-state index contributed by atoms with van der Waals surface area (Å²) >= 11 is 2.25. The van der Waals surface area contributed by atoms with Gasteiger partial charge < -0.3 is 4.98 Å². The Morgan fingerprint density at radius 2 is 2.17 bits per heavy atom. The summed E-state index contributed by atoms with van der Waals surface area (Å²) in [5, 5.41) is 0. The number of halogens is 1. The molecule has 2 heterocycles. The molecule has 0 amide bonds. The van der Waals surface area contributed by atoms with Crippen molar-refractivity contribution in [2.24, 2.45) is 0 Å². The summed E-state index contributed by atoms with van der Waals surface area (Å²) < 4.78 is 1.16. The Labute approximate surface area is 83.4 Å². The maximum absolute atomic E-state index is 4.18. The topological polar surface area (TPSA) is 41.6 Å². The summed E-state index contributed by atoms with van der Waals surface area (Å²) in [5.41, 5.74) is 0.881. The highest BCUT2D eigenvalue weighted by Crippen LogP contribution is 2.13. The predicted molar refractivity (Wildman–Crippen MR) is 54.5 cm³/mol. The minimum atomic E-state index is 0.813. The minimum absolute atomic E-state index is 0.813. The standard InChI is InChI=1S/C8H6IN3/c9-6-1-2-10-7(5-6)8-11-3-4-12-8/h1-5H,(H,11,12). The highest BCUT2D eigenvalue weighted by Gasteiger charge is 1.99. The largest absolute Gasteiger partial charge is 0.343 e. The van der Waals surface area contributed by atoms with E-state index in [2.05, 4.69) is 37.5 Å². The second-order valence-electron chi connectivity index (χ2n) is 2.30. The number of nitrogens with zero attached hydrogens (tertiary/aromatic N) is 2. The SMILES string of the molecule is Ic1ccnc(-c2ncc[nH]2)c1. The minimum Gasteiger partial charge on any atom is -0.343 e. The zero-order valence-electron chi connectivity index (χ0n) is 6.16. The van der Waals surface area contributed by atoms with E-state index in [0.717, 1.165) is 15.1 Å². The van der Waals surface area contributed by atoms with E-state index < -0.39 is 0 Å². The van der Waals surface area contributed by atoms with Crippen LogP contribution < -0.4 is 0 Å². The number of aromatic amines is 1. The number of rotatable bonds is 1. The Morgan fingerprint density at radius 1 is 1.25 bits per heavy atom. The monoisotopic (exact) mass is 271 g/mol. The molecule has 0 radical (unpaired) electrons. The van der Waals surface area contributed by atoms with Gasteiger partial charge in [-0.2, -0.15) is 0 Å². The Morgan fingerprint density at radius 3 is 2.83 bits per heavy atom. The van der Waals surface area contributed by atoms with Gasteiger partial charge in [0.05, 0.1) is 0 Å². The van der Waals surface area contributed by atoms with Crippen LogP contribution in [0.2, 0.25) is 0 Å². The molecular weight excluding hydrogens is 265 g/mol. The van der Waals surface area contributed by atoms with Gasteiger partial charge in [0.15, 0.2) is 5.82 Å². The first-order valence-corrected chi connectivity index (χ1v) is 4.55. The quantitative estimate of drug-likeness (QED) is 0.807. The zero-order valence-corrected chi connectivity index (χ0v) is 8.32. The molecule has 1 N–H and O–H groups in total. The van der Waals surface area contributed by atoms with E-state index in [9.17, 15) is 0 Å². The molecule has 0 fully saturated rings. The van der Waals surface area contributed by atoms with Gasteiger partial charge >= 0.3 is 0 Å². The molecule has 0 saturated carbocycles. The fourth-order valence-electron chi connectivity index (χ4n) is 0.940. The Bertz CT molecular complexity index is 370. The van der Waals surface area contributed by atoms with Crippen molar-refractivity contribution in [3.8, 4) is 11.5 Å². The number of aromatic nitrogens is 3. The summed E-state index contributed by atoms with van der Waals surface area (Å²) in [6, 6.07) is 3.94. The Hall–Kier alpha value is -0.910. The van der Waals surface area contributed by atoms with Gasteiger partial charge in [0.2, 0.25) is 0 Å². The average molecular weight is 271 g/mol. The van der Waals surface area contributed by atoms with Crippen LogP contribution in [0.4, 0.5) is 0 Å². The molecule has 0 aliphatic carbocycles. The van der Waals surface area contributed by atoms with Crippen molar-refractivity contribution in [3.05, 3.63) is 34.3 Å². The van der Waals surface area contributed by atoms with Crippen LogP contribution in [0.3, 0.4) is 0 Å². The molecule has 0 saturated heterocycles.